The largest absolute Gasteiger partial charge is 0.310 e. The third-order valence-electron chi connectivity index (χ3n) is 11.8. The second-order valence-electron chi connectivity index (χ2n) is 14.9. The lowest BCUT2D eigenvalue weighted by atomic mass is 9.67. The van der Waals surface area contributed by atoms with E-state index in [0.29, 0.717) is 0 Å². The van der Waals surface area contributed by atoms with Gasteiger partial charge in [0.2, 0.25) is 0 Å². The molecule has 0 heterocycles. The Morgan fingerprint density at radius 2 is 0.774 bits per heavy atom. The maximum atomic E-state index is 2.44. The minimum absolute atomic E-state index is 0.0338. The lowest BCUT2D eigenvalue weighted by Crippen LogP contribution is -2.28. The van der Waals surface area contributed by atoms with Gasteiger partial charge in [-0.15, -0.1) is 0 Å². The maximum Gasteiger partial charge on any atom is 0.0714 e. The Bertz CT molecular complexity index is 2580. The van der Waals surface area contributed by atoms with E-state index < -0.39 is 5.41 Å². The van der Waals surface area contributed by atoms with Crippen LogP contribution in [0.1, 0.15) is 47.2 Å². The number of anilines is 3. The molecular weight excluding hydrogens is 639 g/mol. The fraction of sp³-hybridized carbons (Fsp3) is 0.0769. The predicted octanol–water partition coefficient (Wildman–Crippen LogP) is 13.5. The molecule has 0 aliphatic heterocycles. The van der Waals surface area contributed by atoms with Crippen molar-refractivity contribution in [2.75, 3.05) is 4.90 Å². The van der Waals surface area contributed by atoms with Crippen LogP contribution in [-0.4, -0.2) is 0 Å². The number of para-hydroxylation sites is 1. The molecule has 0 fully saturated rings. The van der Waals surface area contributed by atoms with Crippen LogP contribution in [0.5, 0.6) is 0 Å². The molecule has 252 valence electrons. The van der Waals surface area contributed by atoms with Crippen molar-refractivity contribution in [1.82, 2.24) is 0 Å². The van der Waals surface area contributed by atoms with Crippen LogP contribution in [0.15, 0.2) is 200 Å². The van der Waals surface area contributed by atoms with E-state index >= 15 is 0 Å². The zero-order valence-electron chi connectivity index (χ0n) is 30.0. The van der Waals surface area contributed by atoms with E-state index in [2.05, 4.69) is 219 Å². The highest BCUT2D eigenvalue weighted by Crippen LogP contribution is 2.57. The molecule has 2 aliphatic carbocycles. The highest BCUT2D eigenvalue weighted by atomic mass is 15.1. The zero-order valence-corrected chi connectivity index (χ0v) is 30.0. The fourth-order valence-electron chi connectivity index (χ4n) is 9.28. The SMILES string of the molecule is CC1(C)c2ccccc2-c2ccc(-c3ccc(N(c4ccccc4)c4ccc5c(c4)C(c4ccccc4)(c4ccccc4)c4ccccc4-5)cc3)cc21. The summed E-state index contributed by atoms with van der Waals surface area (Å²) in [4.78, 5) is 2.40. The number of fused-ring (bicyclic) bond motifs is 6. The van der Waals surface area contributed by atoms with E-state index in [9.17, 15) is 0 Å². The molecule has 0 atom stereocenters. The molecule has 8 aromatic carbocycles. The Labute approximate surface area is 312 Å². The summed E-state index contributed by atoms with van der Waals surface area (Å²) in [6.45, 7) is 4.70. The van der Waals surface area contributed by atoms with Gasteiger partial charge in [-0.25, -0.2) is 0 Å². The molecule has 0 spiro atoms. The normalized spacial score (nSPS) is 14.2. The third-order valence-corrected chi connectivity index (χ3v) is 11.8. The topological polar surface area (TPSA) is 3.24 Å². The summed E-state index contributed by atoms with van der Waals surface area (Å²) in [6.07, 6.45) is 0. The molecule has 1 nitrogen and oxygen atoms in total. The van der Waals surface area contributed by atoms with Gasteiger partial charge < -0.3 is 4.90 Å². The van der Waals surface area contributed by atoms with Gasteiger partial charge in [-0.2, -0.15) is 0 Å². The number of benzene rings is 8. The molecule has 8 aromatic rings. The van der Waals surface area contributed by atoms with E-state index in [1.54, 1.807) is 0 Å². The molecule has 0 radical (unpaired) electrons. The molecule has 0 bridgehead atoms. The second-order valence-corrected chi connectivity index (χ2v) is 14.9. The van der Waals surface area contributed by atoms with Crippen LogP contribution in [-0.2, 0) is 10.8 Å². The highest BCUT2D eigenvalue weighted by molar-refractivity contribution is 5.90. The van der Waals surface area contributed by atoms with Crippen molar-refractivity contribution in [3.63, 3.8) is 0 Å². The minimum Gasteiger partial charge on any atom is -0.310 e. The van der Waals surface area contributed by atoms with Gasteiger partial charge in [0.1, 0.15) is 0 Å². The van der Waals surface area contributed by atoms with Crippen LogP contribution in [0.25, 0.3) is 33.4 Å². The molecule has 0 amide bonds. The third kappa shape index (κ3) is 4.70. The van der Waals surface area contributed by atoms with E-state index in [0.717, 1.165) is 17.1 Å². The number of hydrogen-bond donors (Lipinski definition) is 0. The van der Waals surface area contributed by atoms with Crippen molar-refractivity contribution in [1.29, 1.82) is 0 Å². The Hall–Kier alpha value is -6.44. The van der Waals surface area contributed by atoms with Crippen LogP contribution in [0.4, 0.5) is 17.1 Å². The molecule has 2 aliphatic rings. The van der Waals surface area contributed by atoms with Crippen molar-refractivity contribution >= 4 is 17.1 Å². The summed E-state index contributed by atoms with van der Waals surface area (Å²) in [5, 5.41) is 0. The molecule has 0 aromatic heterocycles. The molecular formula is C52H39N. The Morgan fingerprint density at radius 1 is 0.321 bits per heavy atom. The van der Waals surface area contributed by atoms with Crippen molar-refractivity contribution in [2.45, 2.75) is 24.7 Å². The van der Waals surface area contributed by atoms with Gasteiger partial charge in [0.05, 0.1) is 5.41 Å². The monoisotopic (exact) mass is 677 g/mol. The summed E-state index contributed by atoms with van der Waals surface area (Å²) in [7, 11) is 0. The molecule has 53 heavy (non-hydrogen) atoms. The summed E-state index contributed by atoms with van der Waals surface area (Å²) in [6, 6.07) is 73.8. The van der Waals surface area contributed by atoms with Crippen molar-refractivity contribution < 1.29 is 0 Å². The van der Waals surface area contributed by atoms with Crippen LogP contribution in [0.2, 0.25) is 0 Å². The van der Waals surface area contributed by atoms with E-state index in [-0.39, 0.29) is 5.41 Å². The molecule has 0 N–H and O–H groups in total. The Morgan fingerprint density at radius 3 is 1.43 bits per heavy atom. The maximum absolute atomic E-state index is 2.44. The fourth-order valence-corrected chi connectivity index (χ4v) is 9.28. The summed E-state index contributed by atoms with van der Waals surface area (Å²) in [5.74, 6) is 0. The van der Waals surface area contributed by atoms with Crippen LogP contribution in [0.3, 0.4) is 0 Å². The summed E-state index contributed by atoms with van der Waals surface area (Å²) >= 11 is 0. The number of nitrogens with zero attached hydrogens (tertiary/aromatic N) is 1. The summed E-state index contributed by atoms with van der Waals surface area (Å²) < 4.78 is 0. The quantitative estimate of drug-likeness (QED) is 0.169. The Kier molecular flexibility index (Phi) is 7.13. The number of hydrogen-bond acceptors (Lipinski definition) is 1. The minimum atomic E-state index is -0.461. The van der Waals surface area contributed by atoms with Crippen molar-refractivity contribution in [3.8, 4) is 33.4 Å². The Balaban J connectivity index is 1.12. The molecule has 0 saturated heterocycles. The number of rotatable bonds is 6. The standard InChI is InChI=1S/C52H39N/c1-51(2)47-24-14-12-22-43(47)45-32-28-37(34-49(45)51)36-26-29-41(30-27-36)53(40-20-10-5-11-21-40)42-31-33-46-44-23-13-15-25-48(44)52(50(46)35-42,38-16-6-3-7-17-38)39-18-8-4-9-19-39/h3-35H,1-2H3. The lowest BCUT2D eigenvalue weighted by molar-refractivity contribution is 0.660. The van der Waals surface area contributed by atoms with Crippen LogP contribution >= 0.6 is 0 Å². The van der Waals surface area contributed by atoms with Crippen molar-refractivity contribution in [2.24, 2.45) is 0 Å². The first-order valence-corrected chi connectivity index (χ1v) is 18.6. The second kappa shape index (κ2) is 12.1. The first-order chi connectivity index (χ1) is 26.0. The smallest absolute Gasteiger partial charge is 0.0714 e. The molecule has 0 saturated carbocycles. The van der Waals surface area contributed by atoms with E-state index in [1.807, 2.05) is 0 Å². The van der Waals surface area contributed by atoms with Crippen LogP contribution in [0, 0.1) is 0 Å². The average molecular weight is 678 g/mol. The van der Waals surface area contributed by atoms with Gasteiger partial charge in [0.15, 0.2) is 0 Å². The molecule has 0 unspecified atom stereocenters. The van der Waals surface area contributed by atoms with Crippen molar-refractivity contribution in [3.05, 3.63) is 234 Å². The summed E-state index contributed by atoms with van der Waals surface area (Å²) in [5.41, 5.74) is 18.6. The van der Waals surface area contributed by atoms with Gasteiger partial charge in [-0.1, -0.05) is 172 Å². The average Bonchev–Trinajstić information content (AvgIpc) is 3.65. The molecule has 1 heteroatoms. The van der Waals surface area contributed by atoms with Gasteiger partial charge in [0, 0.05) is 22.5 Å². The first-order valence-electron chi connectivity index (χ1n) is 18.6. The molecule has 10 rings (SSSR count). The first kappa shape index (κ1) is 31.3. The predicted molar refractivity (Wildman–Crippen MR) is 221 cm³/mol. The van der Waals surface area contributed by atoms with Gasteiger partial charge >= 0.3 is 0 Å². The highest BCUT2D eigenvalue weighted by Gasteiger charge is 2.46. The van der Waals surface area contributed by atoms with E-state index in [1.165, 1.54) is 66.8 Å². The van der Waals surface area contributed by atoms with Crippen LogP contribution < -0.4 is 4.90 Å². The van der Waals surface area contributed by atoms with Gasteiger partial charge in [0.25, 0.3) is 0 Å². The van der Waals surface area contributed by atoms with E-state index in [4.69, 9.17) is 0 Å². The van der Waals surface area contributed by atoms with Gasteiger partial charge in [-0.05, 0) is 109 Å². The lowest BCUT2D eigenvalue weighted by Gasteiger charge is -2.35. The van der Waals surface area contributed by atoms with Gasteiger partial charge in [-0.3, -0.25) is 0 Å². The zero-order chi connectivity index (χ0) is 35.6.